The average Bonchev–Trinajstić information content (AvgIpc) is 2.50. The molecule has 0 saturated carbocycles. The summed E-state index contributed by atoms with van der Waals surface area (Å²) >= 11 is 0. The minimum atomic E-state index is -1.57. The Hall–Kier alpha value is -2.12. The van der Waals surface area contributed by atoms with Crippen LogP contribution in [-0.2, 0) is 23.8 Å². The normalized spacial score (nSPS) is 17.9. The van der Waals surface area contributed by atoms with Crippen LogP contribution in [0.4, 0.5) is 0 Å². The first-order valence-electron chi connectivity index (χ1n) is 38.8. The lowest BCUT2D eigenvalue weighted by Gasteiger charge is -2.40. The van der Waals surface area contributed by atoms with E-state index in [-0.39, 0.29) is 18.5 Å². The van der Waals surface area contributed by atoms with Crippen molar-refractivity contribution < 1.29 is 49.3 Å². The van der Waals surface area contributed by atoms with Gasteiger partial charge >= 0.3 is 5.97 Å². The Kier molecular flexibility index (Phi) is 64.2. The molecule has 0 radical (unpaired) electrons. The van der Waals surface area contributed by atoms with Crippen LogP contribution in [-0.4, -0.2) is 100 Å². The Labute approximate surface area is 549 Å². The molecule has 0 aromatic carbocycles. The van der Waals surface area contributed by atoms with Crippen LogP contribution in [0.3, 0.4) is 0 Å². The van der Waals surface area contributed by atoms with Crippen LogP contribution in [0, 0.1) is 0 Å². The molecule has 7 unspecified atom stereocenters. The van der Waals surface area contributed by atoms with Gasteiger partial charge in [-0.25, -0.2) is 0 Å². The molecule has 1 amide bonds. The molecule has 0 aliphatic carbocycles. The van der Waals surface area contributed by atoms with Gasteiger partial charge in [-0.15, -0.1) is 0 Å². The molecule has 0 aromatic heterocycles. The van der Waals surface area contributed by atoms with Gasteiger partial charge in [-0.1, -0.05) is 352 Å². The molecule has 1 rings (SSSR count). The lowest BCUT2D eigenvalue weighted by atomic mass is 9.99. The molecule has 1 saturated heterocycles. The van der Waals surface area contributed by atoms with Crippen molar-refractivity contribution in [2.45, 2.75) is 429 Å². The third kappa shape index (κ3) is 56.0. The third-order valence-electron chi connectivity index (χ3n) is 18.5. The highest BCUT2D eigenvalue weighted by Crippen LogP contribution is 2.24. The molecule has 89 heavy (non-hydrogen) atoms. The zero-order valence-corrected chi connectivity index (χ0v) is 58.4. The Morgan fingerprint density at radius 1 is 0.416 bits per heavy atom. The summed E-state index contributed by atoms with van der Waals surface area (Å²) in [5.74, 6) is -0.173. The number of aliphatic hydroxyl groups is 5. The maximum atomic E-state index is 13.0. The van der Waals surface area contributed by atoms with Gasteiger partial charge in [0.1, 0.15) is 24.4 Å². The fraction of sp³-hybridized carbons (Fsp3) is 0.897. The van der Waals surface area contributed by atoms with Gasteiger partial charge in [0.2, 0.25) is 5.91 Å². The molecule has 0 aromatic rings. The smallest absolute Gasteiger partial charge is 0.305 e. The summed E-state index contributed by atoms with van der Waals surface area (Å²) in [4.78, 5) is 25.1. The van der Waals surface area contributed by atoms with Crippen molar-refractivity contribution in [2.75, 3.05) is 19.8 Å². The highest BCUT2D eigenvalue weighted by molar-refractivity contribution is 5.76. The second-order valence-corrected chi connectivity index (χ2v) is 27.1. The summed E-state index contributed by atoms with van der Waals surface area (Å²) in [6, 6.07) is -0.803. The van der Waals surface area contributed by atoms with E-state index in [2.05, 4.69) is 43.5 Å². The molecule has 0 spiro atoms. The van der Waals surface area contributed by atoms with Crippen LogP contribution in [0.2, 0.25) is 0 Å². The topological polar surface area (TPSA) is 175 Å². The fourth-order valence-electron chi connectivity index (χ4n) is 12.4. The number of hydrogen-bond acceptors (Lipinski definition) is 10. The maximum absolute atomic E-state index is 13.0. The number of esters is 1. The van der Waals surface area contributed by atoms with E-state index in [4.69, 9.17) is 14.2 Å². The number of carbonyl (C=O) groups excluding carboxylic acids is 2. The molecular weight excluding hydrogens is 1110 g/mol. The second kappa shape index (κ2) is 67.3. The highest BCUT2D eigenvalue weighted by atomic mass is 16.7. The van der Waals surface area contributed by atoms with Crippen LogP contribution in [0.5, 0.6) is 0 Å². The molecule has 6 N–H and O–H groups in total. The van der Waals surface area contributed by atoms with Crippen molar-refractivity contribution in [1.29, 1.82) is 0 Å². The van der Waals surface area contributed by atoms with Crippen LogP contribution in [0.25, 0.3) is 0 Å². The van der Waals surface area contributed by atoms with E-state index in [1.165, 1.54) is 295 Å². The van der Waals surface area contributed by atoms with Crippen LogP contribution in [0.1, 0.15) is 386 Å². The summed E-state index contributed by atoms with van der Waals surface area (Å²) in [6.45, 7) is 4.29. The van der Waals surface area contributed by atoms with Crippen LogP contribution < -0.4 is 5.32 Å². The van der Waals surface area contributed by atoms with E-state index in [0.29, 0.717) is 19.4 Å². The minimum absolute atomic E-state index is 0.00320. The Morgan fingerprint density at radius 2 is 0.775 bits per heavy atom. The number of allylic oxidation sites excluding steroid dienone is 5. The van der Waals surface area contributed by atoms with Gasteiger partial charge in [0.25, 0.3) is 0 Å². The molecule has 1 aliphatic rings. The number of unbranched alkanes of at least 4 members (excludes halogenated alkanes) is 51. The molecule has 11 heteroatoms. The number of hydrogen-bond donors (Lipinski definition) is 6. The van der Waals surface area contributed by atoms with E-state index >= 15 is 0 Å². The SMILES string of the molecule is CCC/C=C\C/C=C\CCCCCCCC(=O)OCCCCCCCCCCCCCCCCCCCCCCCCCCCCCCCCCCCCCCCCCC(=O)NC(COC1OC(CO)C(O)C(O)C1O)C(O)/C=C/CCCCCCCCC. The number of carbonyl (C=O) groups is 2. The third-order valence-corrected chi connectivity index (χ3v) is 18.5. The van der Waals surface area contributed by atoms with Crippen molar-refractivity contribution >= 4 is 11.9 Å². The zero-order valence-electron chi connectivity index (χ0n) is 58.4. The first kappa shape index (κ1) is 84.9. The summed E-state index contributed by atoms with van der Waals surface area (Å²) < 4.78 is 16.7. The van der Waals surface area contributed by atoms with Gasteiger partial charge in [0, 0.05) is 12.8 Å². The molecule has 0 bridgehead atoms. The van der Waals surface area contributed by atoms with Crippen molar-refractivity contribution in [3.05, 3.63) is 36.5 Å². The fourth-order valence-corrected chi connectivity index (χ4v) is 12.4. The largest absolute Gasteiger partial charge is 0.466 e. The number of amides is 1. The molecule has 1 aliphatic heterocycles. The molecular formula is C78H147NO10. The van der Waals surface area contributed by atoms with Crippen LogP contribution >= 0.6 is 0 Å². The Balaban J connectivity index is 1.84. The number of aliphatic hydroxyl groups excluding tert-OH is 5. The van der Waals surface area contributed by atoms with E-state index < -0.39 is 49.5 Å². The van der Waals surface area contributed by atoms with Gasteiger partial charge in [-0.2, -0.15) is 0 Å². The van der Waals surface area contributed by atoms with Crippen molar-refractivity contribution in [3.8, 4) is 0 Å². The lowest BCUT2D eigenvalue weighted by molar-refractivity contribution is -0.302. The maximum Gasteiger partial charge on any atom is 0.305 e. The quantitative estimate of drug-likeness (QED) is 0.0195. The van der Waals surface area contributed by atoms with E-state index in [9.17, 15) is 35.1 Å². The van der Waals surface area contributed by atoms with Gasteiger partial charge in [-0.3, -0.25) is 9.59 Å². The zero-order chi connectivity index (χ0) is 64.4. The Bertz CT molecular complexity index is 1570. The standard InChI is InChI=1S/C78H147NO10/c1-3-5-7-9-11-13-14-42-46-50-54-58-62-66-74(83)87-67-63-59-55-51-47-44-41-39-37-35-33-31-29-27-25-23-21-19-17-15-16-18-20-22-24-26-28-30-32-34-36-38-40-43-45-49-53-57-61-65-73(82)79-70(71(81)64-60-56-52-48-12-10-8-6-4-2)69-88-78-77(86)76(85)75(84)72(68-80)89-78/h7,9,13-14,60,64,70-72,75-78,80-81,84-86H,3-6,8,10-12,15-59,61-63,65-69H2,1-2H3,(H,79,82)/b9-7-,14-13-,64-60+. The van der Waals surface area contributed by atoms with Gasteiger partial charge in [-0.05, 0) is 57.8 Å². The monoisotopic (exact) mass is 1260 g/mol. The molecule has 1 fully saturated rings. The van der Waals surface area contributed by atoms with Crippen molar-refractivity contribution in [2.24, 2.45) is 0 Å². The lowest BCUT2D eigenvalue weighted by Crippen LogP contribution is -2.60. The van der Waals surface area contributed by atoms with Gasteiger partial charge < -0.3 is 45.1 Å². The average molecular weight is 1260 g/mol. The van der Waals surface area contributed by atoms with E-state index in [1.54, 1.807) is 6.08 Å². The molecule has 7 atom stereocenters. The number of rotatable bonds is 69. The first-order chi connectivity index (χ1) is 43.7. The van der Waals surface area contributed by atoms with Crippen LogP contribution in [0.15, 0.2) is 36.5 Å². The van der Waals surface area contributed by atoms with Gasteiger partial charge in [0.05, 0.1) is 32.0 Å². The highest BCUT2D eigenvalue weighted by Gasteiger charge is 2.44. The summed E-state index contributed by atoms with van der Waals surface area (Å²) in [5.41, 5.74) is 0. The Morgan fingerprint density at radius 3 is 1.18 bits per heavy atom. The molecule has 1 heterocycles. The first-order valence-corrected chi connectivity index (χ1v) is 38.8. The molecule has 524 valence electrons. The van der Waals surface area contributed by atoms with E-state index in [1.807, 2.05) is 6.08 Å². The van der Waals surface area contributed by atoms with Crippen molar-refractivity contribution in [3.63, 3.8) is 0 Å². The van der Waals surface area contributed by atoms with Crippen molar-refractivity contribution in [1.82, 2.24) is 5.32 Å². The minimum Gasteiger partial charge on any atom is -0.466 e. The summed E-state index contributed by atoms with van der Waals surface area (Å²) in [7, 11) is 0. The molecule has 11 nitrogen and oxygen atoms in total. The van der Waals surface area contributed by atoms with E-state index in [0.717, 1.165) is 64.2 Å². The summed E-state index contributed by atoms with van der Waals surface area (Å²) in [6.07, 6.45) is 77.7. The van der Waals surface area contributed by atoms with Gasteiger partial charge in [0.15, 0.2) is 6.29 Å². The predicted octanol–water partition coefficient (Wildman–Crippen LogP) is 20.5. The number of ether oxygens (including phenoxy) is 3. The number of nitrogens with one attached hydrogen (secondary N) is 1. The second-order valence-electron chi connectivity index (χ2n) is 27.1. The summed E-state index contributed by atoms with van der Waals surface area (Å²) in [5, 5.41) is 54.3. The predicted molar refractivity (Wildman–Crippen MR) is 375 cm³/mol.